The fraction of sp³-hybridized carbons (Fsp3) is 0.400. The highest BCUT2D eigenvalue weighted by Crippen LogP contribution is 2.25. The molecule has 1 N–H and O–H groups in total. The highest BCUT2D eigenvalue weighted by molar-refractivity contribution is 5.39. The number of hydrogen-bond acceptors (Lipinski definition) is 3. The van der Waals surface area contributed by atoms with Gasteiger partial charge in [0.2, 0.25) is 0 Å². The molecule has 0 aliphatic carbocycles. The SMILES string of the molecule is CC(Cn1cccn1)NCc1ccc2c(c1)CCO2. The molecule has 1 aromatic carbocycles. The van der Waals surface area contributed by atoms with E-state index in [9.17, 15) is 0 Å². The fourth-order valence-electron chi connectivity index (χ4n) is 2.40. The van der Waals surface area contributed by atoms with Crippen molar-refractivity contribution >= 4 is 0 Å². The lowest BCUT2D eigenvalue weighted by Gasteiger charge is -2.14. The zero-order chi connectivity index (χ0) is 13.1. The van der Waals surface area contributed by atoms with Crippen molar-refractivity contribution in [3.63, 3.8) is 0 Å². The van der Waals surface area contributed by atoms with Crippen molar-refractivity contribution in [2.24, 2.45) is 0 Å². The summed E-state index contributed by atoms with van der Waals surface area (Å²) in [4.78, 5) is 0. The highest BCUT2D eigenvalue weighted by atomic mass is 16.5. The van der Waals surface area contributed by atoms with E-state index in [0.717, 1.165) is 31.9 Å². The van der Waals surface area contributed by atoms with E-state index in [0.29, 0.717) is 6.04 Å². The summed E-state index contributed by atoms with van der Waals surface area (Å²) in [6, 6.07) is 8.81. The molecule has 0 bridgehead atoms. The topological polar surface area (TPSA) is 39.1 Å². The first-order valence-electron chi connectivity index (χ1n) is 6.77. The molecule has 0 radical (unpaired) electrons. The molecular formula is C15H19N3O. The van der Waals surface area contributed by atoms with Gasteiger partial charge in [-0.05, 0) is 30.2 Å². The van der Waals surface area contributed by atoms with Crippen molar-refractivity contribution in [2.45, 2.75) is 32.5 Å². The molecule has 1 atom stereocenters. The minimum absolute atomic E-state index is 0.393. The van der Waals surface area contributed by atoms with E-state index >= 15 is 0 Å². The van der Waals surface area contributed by atoms with E-state index < -0.39 is 0 Å². The maximum atomic E-state index is 5.52. The summed E-state index contributed by atoms with van der Waals surface area (Å²) in [5.74, 6) is 1.05. The van der Waals surface area contributed by atoms with Gasteiger partial charge in [0.15, 0.2) is 0 Å². The number of hydrogen-bond donors (Lipinski definition) is 1. The van der Waals surface area contributed by atoms with Crippen LogP contribution in [-0.2, 0) is 19.5 Å². The zero-order valence-corrected chi connectivity index (χ0v) is 11.2. The summed E-state index contributed by atoms with van der Waals surface area (Å²) >= 11 is 0. The van der Waals surface area contributed by atoms with Crippen molar-refractivity contribution in [3.05, 3.63) is 47.8 Å². The summed E-state index contributed by atoms with van der Waals surface area (Å²) in [6.45, 7) is 4.77. The van der Waals surface area contributed by atoms with Crippen LogP contribution in [0.1, 0.15) is 18.1 Å². The lowest BCUT2D eigenvalue weighted by molar-refractivity contribution is 0.357. The second kappa shape index (κ2) is 5.45. The standard InChI is InChI=1S/C15H19N3O/c1-12(11-18-7-2-6-17-18)16-10-13-3-4-15-14(9-13)5-8-19-15/h2-4,6-7,9,12,16H,5,8,10-11H2,1H3. The summed E-state index contributed by atoms with van der Waals surface area (Å²) in [7, 11) is 0. The number of fused-ring (bicyclic) bond motifs is 1. The monoisotopic (exact) mass is 257 g/mol. The number of aromatic nitrogens is 2. The molecule has 0 spiro atoms. The Bertz CT molecular complexity index is 536. The molecule has 4 heteroatoms. The van der Waals surface area contributed by atoms with Crippen LogP contribution in [0.2, 0.25) is 0 Å². The molecule has 2 heterocycles. The Morgan fingerprint density at radius 2 is 2.42 bits per heavy atom. The van der Waals surface area contributed by atoms with Gasteiger partial charge in [-0.25, -0.2) is 0 Å². The predicted molar refractivity (Wildman–Crippen MR) is 74.2 cm³/mol. The molecule has 0 saturated carbocycles. The van der Waals surface area contributed by atoms with Crippen molar-refractivity contribution < 1.29 is 4.74 Å². The van der Waals surface area contributed by atoms with Crippen LogP contribution in [-0.4, -0.2) is 22.4 Å². The summed E-state index contributed by atoms with van der Waals surface area (Å²) < 4.78 is 7.47. The maximum absolute atomic E-state index is 5.52. The third-order valence-electron chi connectivity index (χ3n) is 3.43. The first-order chi connectivity index (χ1) is 9.31. The molecule has 3 rings (SSSR count). The molecule has 0 saturated heterocycles. The average Bonchev–Trinajstić information content (AvgIpc) is 3.06. The van der Waals surface area contributed by atoms with E-state index in [1.165, 1.54) is 11.1 Å². The quantitative estimate of drug-likeness (QED) is 0.890. The largest absolute Gasteiger partial charge is 0.493 e. The van der Waals surface area contributed by atoms with E-state index in [-0.39, 0.29) is 0 Å². The number of rotatable bonds is 5. The second-order valence-electron chi connectivity index (χ2n) is 5.05. The van der Waals surface area contributed by atoms with Crippen molar-refractivity contribution in [2.75, 3.05) is 6.61 Å². The van der Waals surface area contributed by atoms with Gasteiger partial charge in [-0.15, -0.1) is 0 Å². The third-order valence-corrected chi connectivity index (χ3v) is 3.43. The summed E-state index contributed by atoms with van der Waals surface area (Å²) in [5.41, 5.74) is 2.65. The van der Waals surface area contributed by atoms with Gasteiger partial charge >= 0.3 is 0 Å². The number of ether oxygens (including phenoxy) is 1. The minimum atomic E-state index is 0.393. The normalized spacial score (nSPS) is 15.0. The van der Waals surface area contributed by atoms with Crippen LogP contribution in [0.5, 0.6) is 5.75 Å². The van der Waals surface area contributed by atoms with Gasteiger partial charge in [0, 0.05) is 31.4 Å². The van der Waals surface area contributed by atoms with E-state index in [1.807, 2.05) is 23.1 Å². The third kappa shape index (κ3) is 2.96. The summed E-state index contributed by atoms with van der Waals surface area (Å²) in [5, 5.41) is 7.75. The Labute approximate surface area is 113 Å². The molecule has 1 aliphatic rings. The average molecular weight is 257 g/mol. The number of nitrogens with zero attached hydrogens (tertiary/aromatic N) is 2. The molecule has 1 aliphatic heterocycles. The number of benzene rings is 1. The van der Waals surface area contributed by atoms with Gasteiger partial charge in [0.25, 0.3) is 0 Å². The number of nitrogens with one attached hydrogen (secondary N) is 1. The minimum Gasteiger partial charge on any atom is -0.493 e. The Kier molecular flexibility index (Phi) is 3.51. The summed E-state index contributed by atoms with van der Waals surface area (Å²) in [6.07, 6.45) is 4.84. The Balaban J connectivity index is 1.54. The Morgan fingerprint density at radius 3 is 3.26 bits per heavy atom. The van der Waals surface area contributed by atoms with Crippen LogP contribution in [0.4, 0.5) is 0 Å². The van der Waals surface area contributed by atoms with Crippen LogP contribution in [0.25, 0.3) is 0 Å². The van der Waals surface area contributed by atoms with Crippen LogP contribution < -0.4 is 10.1 Å². The van der Waals surface area contributed by atoms with Gasteiger partial charge in [-0.3, -0.25) is 4.68 Å². The smallest absolute Gasteiger partial charge is 0.122 e. The van der Waals surface area contributed by atoms with E-state index in [4.69, 9.17) is 4.74 Å². The van der Waals surface area contributed by atoms with Crippen LogP contribution in [0, 0.1) is 0 Å². The zero-order valence-electron chi connectivity index (χ0n) is 11.2. The van der Waals surface area contributed by atoms with Crippen LogP contribution in [0.15, 0.2) is 36.7 Å². The molecule has 19 heavy (non-hydrogen) atoms. The second-order valence-corrected chi connectivity index (χ2v) is 5.05. The first kappa shape index (κ1) is 12.2. The van der Waals surface area contributed by atoms with Crippen LogP contribution >= 0.6 is 0 Å². The van der Waals surface area contributed by atoms with Crippen molar-refractivity contribution in [3.8, 4) is 5.75 Å². The molecule has 0 amide bonds. The molecule has 1 unspecified atom stereocenters. The predicted octanol–water partition coefficient (Wildman–Crippen LogP) is 2.00. The molecule has 2 aromatic rings. The van der Waals surface area contributed by atoms with Crippen molar-refractivity contribution in [1.82, 2.24) is 15.1 Å². The molecule has 1 aromatic heterocycles. The van der Waals surface area contributed by atoms with Crippen LogP contribution in [0.3, 0.4) is 0 Å². The maximum Gasteiger partial charge on any atom is 0.122 e. The Morgan fingerprint density at radius 1 is 1.47 bits per heavy atom. The van der Waals surface area contributed by atoms with Gasteiger partial charge < -0.3 is 10.1 Å². The fourth-order valence-corrected chi connectivity index (χ4v) is 2.40. The Hall–Kier alpha value is -1.81. The lowest BCUT2D eigenvalue weighted by atomic mass is 10.1. The first-order valence-corrected chi connectivity index (χ1v) is 6.77. The van der Waals surface area contributed by atoms with Crippen molar-refractivity contribution in [1.29, 1.82) is 0 Å². The molecule has 100 valence electrons. The van der Waals surface area contributed by atoms with Gasteiger partial charge in [0.05, 0.1) is 13.2 Å². The van der Waals surface area contributed by atoms with E-state index in [2.05, 4.69) is 35.5 Å². The van der Waals surface area contributed by atoms with Gasteiger partial charge in [-0.2, -0.15) is 5.10 Å². The molecule has 4 nitrogen and oxygen atoms in total. The molecular weight excluding hydrogens is 238 g/mol. The van der Waals surface area contributed by atoms with E-state index in [1.54, 1.807) is 0 Å². The van der Waals surface area contributed by atoms with Gasteiger partial charge in [0.1, 0.15) is 5.75 Å². The molecule has 0 fully saturated rings. The van der Waals surface area contributed by atoms with Gasteiger partial charge in [-0.1, -0.05) is 12.1 Å². The highest BCUT2D eigenvalue weighted by Gasteiger charge is 2.12. The lowest BCUT2D eigenvalue weighted by Crippen LogP contribution is -2.30.